The molecule has 3 rings (SSSR count). The van der Waals surface area contributed by atoms with E-state index in [-0.39, 0.29) is 4.90 Å². The van der Waals surface area contributed by atoms with Crippen LogP contribution in [-0.2, 0) is 10.0 Å². The summed E-state index contributed by atoms with van der Waals surface area (Å²) in [5.74, 6) is 1.59. The highest BCUT2D eigenvalue weighted by Gasteiger charge is 2.23. The minimum Gasteiger partial charge on any atom is -0.486 e. The molecular formula is C13H17NO4S. The molecule has 1 aliphatic heterocycles. The van der Waals surface area contributed by atoms with E-state index in [1.54, 1.807) is 12.1 Å². The quantitative estimate of drug-likeness (QED) is 0.910. The Balaban J connectivity index is 1.76. The molecule has 2 aliphatic rings. The molecule has 19 heavy (non-hydrogen) atoms. The van der Waals surface area contributed by atoms with Gasteiger partial charge in [0.1, 0.15) is 13.2 Å². The molecule has 0 unspecified atom stereocenters. The van der Waals surface area contributed by atoms with Gasteiger partial charge in [-0.25, -0.2) is 13.1 Å². The first-order valence-corrected chi connectivity index (χ1v) is 8.03. The van der Waals surface area contributed by atoms with Gasteiger partial charge in [0.15, 0.2) is 11.5 Å². The Morgan fingerprint density at radius 3 is 2.58 bits per heavy atom. The molecule has 1 saturated carbocycles. The number of sulfonamides is 1. The van der Waals surface area contributed by atoms with E-state index in [1.165, 1.54) is 12.5 Å². The van der Waals surface area contributed by atoms with Gasteiger partial charge in [-0.3, -0.25) is 0 Å². The number of benzene rings is 1. The van der Waals surface area contributed by atoms with Crippen LogP contribution in [-0.4, -0.2) is 28.2 Å². The summed E-state index contributed by atoms with van der Waals surface area (Å²) in [6, 6.07) is 4.72. The van der Waals surface area contributed by atoms with Gasteiger partial charge in [-0.15, -0.1) is 0 Å². The Kier molecular flexibility index (Phi) is 3.36. The fourth-order valence-corrected chi connectivity index (χ4v) is 3.33. The van der Waals surface area contributed by atoms with E-state index in [0.717, 1.165) is 12.8 Å². The molecule has 0 bridgehead atoms. The zero-order valence-electron chi connectivity index (χ0n) is 10.6. The van der Waals surface area contributed by atoms with Gasteiger partial charge in [0.05, 0.1) is 4.90 Å². The van der Waals surface area contributed by atoms with Crippen molar-refractivity contribution in [2.45, 2.75) is 24.2 Å². The van der Waals surface area contributed by atoms with Crippen LogP contribution in [0.15, 0.2) is 23.1 Å². The molecule has 1 N–H and O–H groups in total. The van der Waals surface area contributed by atoms with Gasteiger partial charge in [-0.2, -0.15) is 0 Å². The third-order valence-corrected chi connectivity index (χ3v) is 5.03. The number of hydrogen-bond donors (Lipinski definition) is 1. The topological polar surface area (TPSA) is 64.6 Å². The first-order valence-electron chi connectivity index (χ1n) is 6.54. The largest absolute Gasteiger partial charge is 0.486 e. The summed E-state index contributed by atoms with van der Waals surface area (Å²) in [7, 11) is -3.45. The van der Waals surface area contributed by atoms with Crippen molar-refractivity contribution in [2.24, 2.45) is 5.92 Å². The van der Waals surface area contributed by atoms with Crippen LogP contribution in [0, 0.1) is 5.92 Å². The third kappa shape index (κ3) is 2.69. The average Bonchev–Trinajstić information content (AvgIpc) is 2.36. The monoisotopic (exact) mass is 283 g/mol. The fraction of sp³-hybridized carbons (Fsp3) is 0.538. The van der Waals surface area contributed by atoms with E-state index >= 15 is 0 Å². The number of nitrogens with one attached hydrogen (secondary N) is 1. The second-order valence-corrected chi connectivity index (χ2v) is 6.72. The SMILES string of the molecule is O=S(=O)(NCC1CCC1)c1ccc2c(c1)OCCO2. The minimum atomic E-state index is -3.45. The van der Waals surface area contributed by atoms with Gasteiger partial charge in [-0.1, -0.05) is 6.42 Å². The van der Waals surface area contributed by atoms with E-state index in [2.05, 4.69) is 4.72 Å². The summed E-state index contributed by atoms with van der Waals surface area (Å²) >= 11 is 0. The Labute approximate surface area is 113 Å². The molecule has 1 heterocycles. The minimum absolute atomic E-state index is 0.232. The van der Waals surface area contributed by atoms with Gasteiger partial charge in [0, 0.05) is 12.6 Å². The van der Waals surface area contributed by atoms with Crippen LogP contribution in [0.5, 0.6) is 11.5 Å². The molecule has 0 amide bonds. The summed E-state index contributed by atoms with van der Waals surface area (Å²) in [5, 5.41) is 0. The maximum atomic E-state index is 12.2. The molecule has 0 atom stereocenters. The maximum absolute atomic E-state index is 12.2. The molecule has 1 aromatic rings. The zero-order valence-corrected chi connectivity index (χ0v) is 11.4. The second kappa shape index (κ2) is 5.02. The van der Waals surface area contributed by atoms with Crippen molar-refractivity contribution in [2.75, 3.05) is 19.8 Å². The van der Waals surface area contributed by atoms with Gasteiger partial charge < -0.3 is 9.47 Å². The van der Waals surface area contributed by atoms with E-state index in [0.29, 0.717) is 37.2 Å². The van der Waals surface area contributed by atoms with E-state index in [1.807, 2.05) is 0 Å². The smallest absolute Gasteiger partial charge is 0.240 e. The van der Waals surface area contributed by atoms with Crippen LogP contribution in [0.2, 0.25) is 0 Å². The molecule has 6 heteroatoms. The molecule has 1 aromatic carbocycles. The van der Waals surface area contributed by atoms with Crippen molar-refractivity contribution in [3.63, 3.8) is 0 Å². The molecule has 0 radical (unpaired) electrons. The molecule has 5 nitrogen and oxygen atoms in total. The second-order valence-electron chi connectivity index (χ2n) is 4.95. The molecule has 0 aromatic heterocycles. The number of ether oxygens (including phenoxy) is 2. The first-order chi connectivity index (χ1) is 9.15. The fourth-order valence-electron chi connectivity index (χ4n) is 2.20. The predicted octanol–water partition coefficient (Wildman–Crippen LogP) is 1.54. The summed E-state index contributed by atoms with van der Waals surface area (Å²) in [4.78, 5) is 0.232. The van der Waals surface area contributed by atoms with Crippen molar-refractivity contribution >= 4 is 10.0 Å². The standard InChI is InChI=1S/C13H17NO4S/c15-19(16,14-9-10-2-1-3-10)11-4-5-12-13(8-11)18-7-6-17-12/h4-5,8,10,14H,1-3,6-7,9H2. The lowest BCUT2D eigenvalue weighted by Gasteiger charge is -2.25. The van der Waals surface area contributed by atoms with E-state index < -0.39 is 10.0 Å². The summed E-state index contributed by atoms with van der Waals surface area (Å²) in [6.45, 7) is 1.47. The Morgan fingerprint density at radius 1 is 1.16 bits per heavy atom. The zero-order chi connectivity index (χ0) is 13.3. The lowest BCUT2D eigenvalue weighted by atomic mass is 9.86. The molecule has 1 fully saturated rings. The molecular weight excluding hydrogens is 266 g/mol. The van der Waals surface area contributed by atoms with Crippen LogP contribution in [0.3, 0.4) is 0 Å². The van der Waals surface area contributed by atoms with Crippen LogP contribution >= 0.6 is 0 Å². The lowest BCUT2D eigenvalue weighted by Crippen LogP contribution is -2.32. The van der Waals surface area contributed by atoms with Crippen molar-refractivity contribution in [3.05, 3.63) is 18.2 Å². The summed E-state index contributed by atoms with van der Waals surface area (Å²) < 4.78 is 37.7. The van der Waals surface area contributed by atoms with Crippen LogP contribution in [0.4, 0.5) is 0 Å². The van der Waals surface area contributed by atoms with Gasteiger partial charge in [0.2, 0.25) is 10.0 Å². The Morgan fingerprint density at radius 2 is 1.89 bits per heavy atom. The van der Waals surface area contributed by atoms with Gasteiger partial charge in [0.25, 0.3) is 0 Å². The van der Waals surface area contributed by atoms with Gasteiger partial charge >= 0.3 is 0 Å². The van der Waals surface area contributed by atoms with Crippen molar-refractivity contribution in [1.29, 1.82) is 0 Å². The highest BCUT2D eigenvalue weighted by atomic mass is 32.2. The maximum Gasteiger partial charge on any atom is 0.240 e. The lowest BCUT2D eigenvalue weighted by molar-refractivity contribution is 0.171. The number of hydrogen-bond acceptors (Lipinski definition) is 4. The predicted molar refractivity (Wildman–Crippen MR) is 70.0 cm³/mol. The molecule has 0 saturated heterocycles. The summed E-state index contributed by atoms with van der Waals surface area (Å²) in [6.07, 6.45) is 3.43. The Hall–Kier alpha value is -1.27. The van der Waals surface area contributed by atoms with Crippen molar-refractivity contribution in [3.8, 4) is 11.5 Å². The third-order valence-electron chi connectivity index (χ3n) is 3.61. The Bertz CT molecular complexity index is 566. The van der Waals surface area contributed by atoms with Crippen molar-refractivity contribution < 1.29 is 17.9 Å². The van der Waals surface area contributed by atoms with E-state index in [9.17, 15) is 8.42 Å². The number of fused-ring (bicyclic) bond motifs is 1. The highest BCUT2D eigenvalue weighted by molar-refractivity contribution is 7.89. The van der Waals surface area contributed by atoms with Gasteiger partial charge in [-0.05, 0) is 30.9 Å². The average molecular weight is 283 g/mol. The van der Waals surface area contributed by atoms with Crippen LogP contribution < -0.4 is 14.2 Å². The summed E-state index contributed by atoms with van der Waals surface area (Å²) in [5.41, 5.74) is 0. The molecule has 104 valence electrons. The normalized spacial score (nSPS) is 18.9. The molecule has 0 spiro atoms. The molecule has 1 aliphatic carbocycles. The van der Waals surface area contributed by atoms with Crippen LogP contribution in [0.1, 0.15) is 19.3 Å². The van der Waals surface area contributed by atoms with Crippen LogP contribution in [0.25, 0.3) is 0 Å². The first kappa shape index (κ1) is 12.7. The number of rotatable bonds is 4. The van der Waals surface area contributed by atoms with Crippen molar-refractivity contribution in [1.82, 2.24) is 4.72 Å². The van der Waals surface area contributed by atoms with E-state index in [4.69, 9.17) is 9.47 Å². The highest BCUT2D eigenvalue weighted by Crippen LogP contribution is 2.32.